The van der Waals surface area contributed by atoms with Crippen LogP contribution < -0.4 is 0 Å². The lowest BCUT2D eigenvalue weighted by atomic mass is 9.84. The topological polar surface area (TPSA) is 52.6 Å². The summed E-state index contributed by atoms with van der Waals surface area (Å²) in [6, 6.07) is 0. The highest BCUT2D eigenvalue weighted by Crippen LogP contribution is 2.27. The van der Waals surface area contributed by atoms with E-state index in [1.165, 1.54) is 83.5 Å². The number of rotatable bonds is 26. The van der Waals surface area contributed by atoms with Gasteiger partial charge in [0.15, 0.2) is 0 Å². The molecule has 2 unspecified atom stereocenters. The number of hydrogen-bond acceptors (Lipinski definition) is 4. The van der Waals surface area contributed by atoms with Crippen molar-refractivity contribution in [2.75, 3.05) is 13.2 Å². The van der Waals surface area contributed by atoms with Crippen molar-refractivity contribution in [1.82, 2.24) is 0 Å². The molecule has 0 fully saturated rings. The van der Waals surface area contributed by atoms with Gasteiger partial charge in [-0.25, -0.2) is 0 Å². The average molecular weight is 497 g/mol. The molecule has 4 heteroatoms. The van der Waals surface area contributed by atoms with Crippen molar-refractivity contribution in [3.63, 3.8) is 0 Å². The fraction of sp³-hybridized carbons (Fsp3) is 0.935. The van der Waals surface area contributed by atoms with E-state index in [4.69, 9.17) is 9.47 Å². The van der Waals surface area contributed by atoms with Gasteiger partial charge in [0.05, 0.1) is 19.1 Å². The van der Waals surface area contributed by atoms with Crippen molar-refractivity contribution in [2.24, 2.45) is 11.8 Å². The summed E-state index contributed by atoms with van der Waals surface area (Å²) >= 11 is 0. The number of carbonyl (C=O) groups excluding carboxylic acids is 2. The van der Waals surface area contributed by atoms with E-state index < -0.39 is 0 Å². The minimum Gasteiger partial charge on any atom is -0.466 e. The summed E-state index contributed by atoms with van der Waals surface area (Å²) < 4.78 is 11.0. The summed E-state index contributed by atoms with van der Waals surface area (Å²) in [6.45, 7) is 9.95. The van der Waals surface area contributed by atoms with Crippen LogP contribution in [-0.4, -0.2) is 25.2 Å². The van der Waals surface area contributed by atoms with Gasteiger partial charge in [0.25, 0.3) is 0 Å². The van der Waals surface area contributed by atoms with Gasteiger partial charge < -0.3 is 9.47 Å². The first-order valence-electron chi connectivity index (χ1n) is 15.4. The minimum absolute atomic E-state index is 0.0217. The maximum atomic E-state index is 12.6. The SMILES string of the molecule is CCCCCCCOC(=O)CCCCCCCCCC(CC)C(CC)C(=O)OCCCCCCC. The molecule has 0 spiro atoms. The zero-order chi connectivity index (χ0) is 26.0. The largest absolute Gasteiger partial charge is 0.466 e. The average Bonchev–Trinajstić information content (AvgIpc) is 2.86. The van der Waals surface area contributed by atoms with Crippen molar-refractivity contribution in [3.05, 3.63) is 0 Å². The summed E-state index contributed by atoms with van der Waals surface area (Å²) in [4.78, 5) is 24.4. The Bertz CT molecular complexity index is 477. The lowest BCUT2D eigenvalue weighted by Crippen LogP contribution is -2.25. The zero-order valence-electron chi connectivity index (χ0n) is 24.1. The first-order chi connectivity index (χ1) is 17.1. The molecule has 2 atom stereocenters. The van der Waals surface area contributed by atoms with E-state index >= 15 is 0 Å². The van der Waals surface area contributed by atoms with Crippen molar-refractivity contribution < 1.29 is 19.1 Å². The van der Waals surface area contributed by atoms with Gasteiger partial charge in [-0.2, -0.15) is 0 Å². The third kappa shape index (κ3) is 20.8. The summed E-state index contributed by atoms with van der Waals surface area (Å²) in [5.74, 6) is 0.522. The standard InChI is InChI=1S/C31H60O4/c1-5-9-11-18-22-26-34-30(32)25-21-17-15-13-14-16-20-24-28(7-3)29(8-4)31(33)35-27-23-19-12-10-6-2/h28-29H,5-27H2,1-4H3. The van der Waals surface area contributed by atoms with Crippen molar-refractivity contribution in [3.8, 4) is 0 Å². The Morgan fingerprint density at radius 3 is 1.57 bits per heavy atom. The van der Waals surface area contributed by atoms with E-state index in [0.29, 0.717) is 25.6 Å². The molecule has 208 valence electrons. The first-order valence-corrected chi connectivity index (χ1v) is 15.4. The number of ether oxygens (including phenoxy) is 2. The van der Waals surface area contributed by atoms with Crippen LogP contribution in [0, 0.1) is 11.8 Å². The van der Waals surface area contributed by atoms with Crippen LogP contribution >= 0.6 is 0 Å². The fourth-order valence-electron chi connectivity index (χ4n) is 4.89. The molecule has 0 saturated heterocycles. The molecule has 0 aliphatic heterocycles. The second-order valence-corrected chi connectivity index (χ2v) is 10.4. The summed E-state index contributed by atoms with van der Waals surface area (Å²) in [5, 5.41) is 0. The molecule has 0 aliphatic rings. The van der Waals surface area contributed by atoms with Gasteiger partial charge in [-0.15, -0.1) is 0 Å². The van der Waals surface area contributed by atoms with E-state index in [9.17, 15) is 9.59 Å². The van der Waals surface area contributed by atoms with Crippen LogP contribution in [0.1, 0.15) is 163 Å². The summed E-state index contributed by atoms with van der Waals surface area (Å²) in [7, 11) is 0. The van der Waals surface area contributed by atoms with Crippen LogP contribution in [0.4, 0.5) is 0 Å². The van der Waals surface area contributed by atoms with E-state index in [-0.39, 0.29) is 17.9 Å². The third-order valence-corrected chi connectivity index (χ3v) is 7.29. The van der Waals surface area contributed by atoms with Crippen LogP contribution in [0.5, 0.6) is 0 Å². The van der Waals surface area contributed by atoms with E-state index in [1.54, 1.807) is 0 Å². The molecule has 0 aromatic carbocycles. The number of unbranched alkanes of at least 4 members (excludes halogenated alkanes) is 14. The third-order valence-electron chi connectivity index (χ3n) is 7.29. The normalized spacial score (nSPS) is 12.9. The number of hydrogen-bond donors (Lipinski definition) is 0. The first kappa shape index (κ1) is 33.9. The molecule has 0 amide bonds. The van der Waals surface area contributed by atoms with Gasteiger partial charge >= 0.3 is 11.9 Å². The van der Waals surface area contributed by atoms with Crippen LogP contribution in [0.2, 0.25) is 0 Å². The summed E-state index contributed by atoms with van der Waals surface area (Å²) in [6.07, 6.45) is 23.7. The van der Waals surface area contributed by atoms with Crippen LogP contribution in [0.3, 0.4) is 0 Å². The summed E-state index contributed by atoms with van der Waals surface area (Å²) in [5.41, 5.74) is 0. The highest BCUT2D eigenvalue weighted by molar-refractivity contribution is 5.72. The van der Waals surface area contributed by atoms with E-state index in [2.05, 4.69) is 27.7 Å². The maximum Gasteiger partial charge on any atom is 0.309 e. The molecular formula is C31H60O4. The molecule has 35 heavy (non-hydrogen) atoms. The molecule has 0 N–H and O–H groups in total. The van der Waals surface area contributed by atoms with Gasteiger partial charge in [-0.05, 0) is 38.0 Å². The molecule has 0 radical (unpaired) electrons. The van der Waals surface area contributed by atoms with Crippen molar-refractivity contribution >= 4 is 11.9 Å². The maximum absolute atomic E-state index is 12.6. The number of esters is 2. The highest BCUT2D eigenvalue weighted by Gasteiger charge is 2.26. The van der Waals surface area contributed by atoms with E-state index in [1.807, 2.05) is 0 Å². The lowest BCUT2D eigenvalue weighted by molar-refractivity contribution is -0.151. The van der Waals surface area contributed by atoms with Gasteiger partial charge in [0.1, 0.15) is 0 Å². The Kier molecular flexibility index (Phi) is 25.2. The van der Waals surface area contributed by atoms with Gasteiger partial charge in [-0.3, -0.25) is 9.59 Å². The molecule has 0 bridgehead atoms. The van der Waals surface area contributed by atoms with Gasteiger partial charge in [0.2, 0.25) is 0 Å². The highest BCUT2D eigenvalue weighted by atomic mass is 16.5. The smallest absolute Gasteiger partial charge is 0.309 e. The zero-order valence-corrected chi connectivity index (χ0v) is 24.1. The Labute approximate surface area is 218 Å². The minimum atomic E-state index is -0.0217. The Morgan fingerprint density at radius 2 is 1.03 bits per heavy atom. The number of carbonyl (C=O) groups is 2. The molecule has 4 nitrogen and oxygen atoms in total. The van der Waals surface area contributed by atoms with Crippen LogP contribution in [0.15, 0.2) is 0 Å². The van der Waals surface area contributed by atoms with Gasteiger partial charge in [0, 0.05) is 6.42 Å². The predicted molar refractivity (Wildman–Crippen MR) is 149 cm³/mol. The molecule has 0 aliphatic carbocycles. The van der Waals surface area contributed by atoms with Crippen LogP contribution in [-0.2, 0) is 19.1 Å². The van der Waals surface area contributed by atoms with Crippen LogP contribution in [0.25, 0.3) is 0 Å². The molecule has 0 saturated carbocycles. The lowest BCUT2D eigenvalue weighted by Gasteiger charge is -2.23. The van der Waals surface area contributed by atoms with Gasteiger partial charge in [-0.1, -0.05) is 124 Å². The molecule has 0 rings (SSSR count). The molecule has 0 aromatic heterocycles. The fourth-order valence-corrected chi connectivity index (χ4v) is 4.89. The van der Waals surface area contributed by atoms with Crippen molar-refractivity contribution in [1.29, 1.82) is 0 Å². The van der Waals surface area contributed by atoms with E-state index in [0.717, 1.165) is 44.9 Å². The van der Waals surface area contributed by atoms with Crippen molar-refractivity contribution in [2.45, 2.75) is 163 Å². The molecule has 0 aromatic rings. The Balaban J connectivity index is 3.75. The monoisotopic (exact) mass is 496 g/mol. The second-order valence-electron chi connectivity index (χ2n) is 10.4. The Hall–Kier alpha value is -1.06. The molecule has 0 heterocycles. The second kappa shape index (κ2) is 26.0. The molecular weight excluding hydrogens is 436 g/mol. The predicted octanol–water partition coefficient (Wildman–Crippen LogP) is 9.58. The quantitative estimate of drug-likeness (QED) is 0.0883. The Morgan fingerprint density at radius 1 is 0.543 bits per heavy atom.